The van der Waals surface area contributed by atoms with Crippen molar-refractivity contribution in [3.05, 3.63) is 54.4 Å². The molecule has 0 spiro atoms. The molecule has 0 bridgehead atoms. The molecule has 0 aliphatic carbocycles. The lowest BCUT2D eigenvalue weighted by Gasteiger charge is -2.42. The highest BCUT2D eigenvalue weighted by Gasteiger charge is 2.37. The van der Waals surface area contributed by atoms with E-state index in [1.165, 1.54) is 4.31 Å². The average molecular weight is 453 g/mol. The van der Waals surface area contributed by atoms with Gasteiger partial charge in [0.2, 0.25) is 10.0 Å². The van der Waals surface area contributed by atoms with Crippen LogP contribution >= 0.6 is 0 Å². The molecule has 0 radical (unpaired) electrons. The number of halogens is 3. The second-order valence-corrected chi connectivity index (χ2v) is 9.84. The van der Waals surface area contributed by atoms with Crippen LogP contribution in [0.5, 0.6) is 0 Å². The summed E-state index contributed by atoms with van der Waals surface area (Å²) >= 11 is 0. The number of benzene rings is 1. The second kappa shape index (κ2) is 7.83. The number of likely N-dealkylation sites (N-methyl/N-ethyl adjacent to an activating group) is 1. The molecule has 4 rings (SSSR count). The summed E-state index contributed by atoms with van der Waals surface area (Å²) in [7, 11) is -1.98. The zero-order valence-electron chi connectivity index (χ0n) is 17.1. The Morgan fingerprint density at radius 3 is 2.55 bits per heavy atom. The van der Waals surface area contributed by atoms with Gasteiger partial charge in [-0.3, -0.25) is 0 Å². The number of sulfonamides is 1. The summed E-state index contributed by atoms with van der Waals surface area (Å²) in [5.74, 6) is 0.228. The third-order valence-electron chi connectivity index (χ3n) is 6.02. The number of H-pyrrole nitrogens is 1. The molecule has 0 unspecified atom stereocenters. The number of hydrogen-bond acceptors (Lipinski definition) is 4. The van der Waals surface area contributed by atoms with Crippen molar-refractivity contribution in [3.63, 3.8) is 0 Å². The summed E-state index contributed by atoms with van der Waals surface area (Å²) in [5.41, 5.74) is 0.823. The quantitative estimate of drug-likeness (QED) is 0.647. The number of piperidine rings is 1. The van der Waals surface area contributed by atoms with E-state index in [1.807, 2.05) is 19.2 Å². The van der Waals surface area contributed by atoms with Crippen LogP contribution in [0.15, 0.2) is 53.7 Å². The second-order valence-electron chi connectivity index (χ2n) is 7.90. The fourth-order valence-corrected chi connectivity index (χ4v) is 5.61. The van der Waals surface area contributed by atoms with Gasteiger partial charge in [-0.1, -0.05) is 6.92 Å². The number of aromatic amines is 1. The van der Waals surface area contributed by atoms with Gasteiger partial charge in [0.1, 0.15) is 5.65 Å². The third kappa shape index (κ3) is 4.01. The van der Waals surface area contributed by atoms with Gasteiger partial charge in [0.25, 0.3) is 0 Å². The van der Waals surface area contributed by atoms with Crippen molar-refractivity contribution >= 4 is 26.7 Å². The van der Waals surface area contributed by atoms with Crippen molar-refractivity contribution in [3.8, 4) is 0 Å². The van der Waals surface area contributed by atoms with E-state index in [4.69, 9.17) is 0 Å². The zero-order chi connectivity index (χ0) is 22.4. The van der Waals surface area contributed by atoms with Crippen LogP contribution in [0.1, 0.15) is 18.9 Å². The molecule has 3 heterocycles. The molecule has 0 saturated carbocycles. The maximum absolute atomic E-state index is 13.1. The Balaban J connectivity index is 1.60. The SMILES string of the molecule is C[C@@H]1CCN(S(=O)(=O)c2ccc(C(F)(F)F)cc2)C[C@@H]1N(C)c1ccnc2[nH]ccc12. The number of aromatic nitrogens is 2. The van der Waals surface area contributed by atoms with Crippen molar-refractivity contribution in [1.29, 1.82) is 0 Å². The van der Waals surface area contributed by atoms with Crippen LogP contribution in [0.2, 0.25) is 0 Å². The molecule has 1 N–H and O–H groups in total. The van der Waals surface area contributed by atoms with Crippen LogP contribution < -0.4 is 4.90 Å². The Morgan fingerprint density at radius 1 is 1.16 bits per heavy atom. The Labute approximate surface area is 178 Å². The first-order valence-electron chi connectivity index (χ1n) is 9.91. The predicted molar refractivity (Wildman–Crippen MR) is 112 cm³/mol. The number of nitrogens with one attached hydrogen (secondary N) is 1. The molecule has 2 atom stereocenters. The summed E-state index contributed by atoms with van der Waals surface area (Å²) in [6.45, 7) is 2.65. The monoisotopic (exact) mass is 452 g/mol. The largest absolute Gasteiger partial charge is 0.416 e. The molecule has 31 heavy (non-hydrogen) atoms. The van der Waals surface area contributed by atoms with E-state index in [0.29, 0.717) is 13.0 Å². The third-order valence-corrected chi connectivity index (χ3v) is 7.89. The molecule has 1 aromatic carbocycles. The molecule has 1 saturated heterocycles. The summed E-state index contributed by atoms with van der Waals surface area (Å²) in [5, 5.41) is 0.944. The van der Waals surface area contributed by atoms with Gasteiger partial charge in [0, 0.05) is 49.6 Å². The smallest absolute Gasteiger partial charge is 0.369 e. The normalized spacial score (nSPS) is 20.8. The van der Waals surface area contributed by atoms with E-state index < -0.39 is 21.8 Å². The number of alkyl halides is 3. The summed E-state index contributed by atoms with van der Waals surface area (Å²) in [6.07, 6.45) is -0.351. The highest BCUT2D eigenvalue weighted by atomic mass is 32.2. The van der Waals surface area contributed by atoms with Crippen molar-refractivity contribution in [2.24, 2.45) is 5.92 Å². The maximum atomic E-state index is 13.1. The average Bonchev–Trinajstić information content (AvgIpc) is 3.22. The first-order valence-corrected chi connectivity index (χ1v) is 11.4. The Hall–Kier alpha value is -2.59. The van der Waals surface area contributed by atoms with Crippen molar-refractivity contribution in [1.82, 2.24) is 14.3 Å². The van der Waals surface area contributed by atoms with Gasteiger partial charge in [0.15, 0.2) is 0 Å². The molecule has 0 amide bonds. The fourth-order valence-electron chi connectivity index (χ4n) is 4.14. The highest BCUT2D eigenvalue weighted by molar-refractivity contribution is 7.89. The zero-order valence-corrected chi connectivity index (χ0v) is 17.9. The highest BCUT2D eigenvalue weighted by Crippen LogP contribution is 2.33. The summed E-state index contributed by atoms with van der Waals surface area (Å²) < 4.78 is 66.1. The van der Waals surface area contributed by atoms with Crippen molar-refractivity contribution < 1.29 is 21.6 Å². The van der Waals surface area contributed by atoms with E-state index in [-0.39, 0.29) is 23.4 Å². The van der Waals surface area contributed by atoms with Gasteiger partial charge >= 0.3 is 6.18 Å². The summed E-state index contributed by atoms with van der Waals surface area (Å²) in [4.78, 5) is 9.31. The van der Waals surface area contributed by atoms with E-state index in [2.05, 4.69) is 21.8 Å². The van der Waals surface area contributed by atoms with E-state index in [1.54, 1.807) is 12.4 Å². The number of anilines is 1. The molecule has 1 aliphatic rings. The molecular weight excluding hydrogens is 429 g/mol. The number of rotatable bonds is 4. The lowest BCUT2D eigenvalue weighted by atomic mass is 9.93. The van der Waals surface area contributed by atoms with Crippen LogP contribution in [0.25, 0.3) is 11.0 Å². The lowest BCUT2D eigenvalue weighted by Crippen LogP contribution is -2.52. The number of hydrogen-bond donors (Lipinski definition) is 1. The minimum atomic E-state index is -4.51. The Bertz CT molecular complexity index is 1180. The Kier molecular flexibility index (Phi) is 5.47. The first kappa shape index (κ1) is 21.6. The van der Waals surface area contributed by atoms with Gasteiger partial charge in [-0.2, -0.15) is 17.5 Å². The van der Waals surface area contributed by atoms with Gasteiger partial charge < -0.3 is 9.88 Å². The maximum Gasteiger partial charge on any atom is 0.416 e. The van der Waals surface area contributed by atoms with Gasteiger partial charge in [-0.15, -0.1) is 0 Å². The summed E-state index contributed by atoms with van der Waals surface area (Å²) in [6, 6.07) is 7.40. The molecule has 1 fully saturated rings. The number of nitrogens with zero attached hydrogens (tertiary/aromatic N) is 3. The predicted octanol–water partition coefficient (Wildman–Crippen LogP) is 4.12. The molecule has 1 aliphatic heterocycles. The van der Waals surface area contributed by atoms with Crippen LogP contribution in [0, 0.1) is 5.92 Å². The molecular formula is C21H23F3N4O2S. The van der Waals surface area contributed by atoms with E-state index >= 15 is 0 Å². The van der Waals surface area contributed by atoms with E-state index in [0.717, 1.165) is 41.0 Å². The topological polar surface area (TPSA) is 69.3 Å². The van der Waals surface area contributed by atoms with Crippen LogP contribution in [-0.2, 0) is 16.2 Å². The van der Waals surface area contributed by atoms with Crippen LogP contribution in [0.3, 0.4) is 0 Å². The standard InChI is InChI=1S/C21H23F3N4O2S/c1-14-9-12-28(31(29,30)16-5-3-15(4-6-16)21(22,23)24)13-19(14)27(2)18-8-11-26-20-17(18)7-10-25-20/h3-8,10-11,14,19H,9,12-13H2,1-2H3,(H,25,26)/t14-,19+/m1/s1. The van der Waals surface area contributed by atoms with Crippen LogP contribution in [0.4, 0.5) is 18.9 Å². The molecule has 10 heteroatoms. The molecule has 3 aromatic rings. The van der Waals surface area contributed by atoms with Crippen LogP contribution in [-0.4, -0.2) is 48.9 Å². The van der Waals surface area contributed by atoms with Crippen molar-refractivity contribution in [2.45, 2.75) is 30.5 Å². The van der Waals surface area contributed by atoms with Gasteiger partial charge in [-0.25, -0.2) is 13.4 Å². The van der Waals surface area contributed by atoms with E-state index in [9.17, 15) is 21.6 Å². The minimum absolute atomic E-state index is 0.0986. The Morgan fingerprint density at radius 2 is 1.87 bits per heavy atom. The molecule has 6 nitrogen and oxygen atoms in total. The number of pyridine rings is 1. The first-order chi connectivity index (χ1) is 14.6. The minimum Gasteiger partial charge on any atom is -0.369 e. The van der Waals surface area contributed by atoms with Gasteiger partial charge in [0.05, 0.1) is 10.5 Å². The van der Waals surface area contributed by atoms with Gasteiger partial charge in [-0.05, 0) is 48.7 Å². The number of fused-ring (bicyclic) bond motifs is 1. The fraction of sp³-hybridized carbons (Fsp3) is 0.381. The molecule has 166 valence electrons. The van der Waals surface area contributed by atoms with Crippen molar-refractivity contribution in [2.75, 3.05) is 25.0 Å². The lowest BCUT2D eigenvalue weighted by molar-refractivity contribution is -0.137. The molecule has 2 aromatic heterocycles.